The summed E-state index contributed by atoms with van der Waals surface area (Å²) in [4.78, 5) is 14.7. The van der Waals surface area contributed by atoms with E-state index >= 15 is 0 Å². The van der Waals surface area contributed by atoms with Crippen LogP contribution in [0.5, 0.6) is 0 Å². The molecule has 20 heavy (non-hydrogen) atoms. The summed E-state index contributed by atoms with van der Waals surface area (Å²) in [5, 5.41) is 1.41. The van der Waals surface area contributed by atoms with Gasteiger partial charge in [-0.15, -0.1) is 0 Å². The van der Waals surface area contributed by atoms with Crippen molar-refractivity contribution in [3.8, 4) is 0 Å². The fraction of sp³-hybridized carbons (Fsp3) is 0.188. The molecular formula is C16H15BrClNO. The lowest BCUT2D eigenvalue weighted by Crippen LogP contribution is -2.22. The summed E-state index contributed by atoms with van der Waals surface area (Å²) in [5.74, 6) is -0.00970. The lowest BCUT2D eigenvalue weighted by molar-refractivity contribution is 0.103. The molecule has 0 aliphatic rings. The number of halogens is 2. The van der Waals surface area contributed by atoms with Gasteiger partial charge in [-0.25, -0.2) is 0 Å². The molecule has 0 aromatic heterocycles. The van der Waals surface area contributed by atoms with Crippen molar-refractivity contribution in [2.45, 2.75) is 0 Å². The van der Waals surface area contributed by atoms with Crippen LogP contribution in [0.15, 0.2) is 48.5 Å². The van der Waals surface area contributed by atoms with Gasteiger partial charge in [-0.2, -0.15) is 0 Å². The van der Waals surface area contributed by atoms with Crippen LogP contribution in [0.1, 0.15) is 15.9 Å². The van der Waals surface area contributed by atoms with Gasteiger partial charge in [-0.3, -0.25) is 4.79 Å². The van der Waals surface area contributed by atoms with Crippen molar-refractivity contribution in [1.82, 2.24) is 0 Å². The molecule has 104 valence electrons. The van der Waals surface area contributed by atoms with Gasteiger partial charge in [0.1, 0.15) is 0 Å². The van der Waals surface area contributed by atoms with Crippen molar-refractivity contribution in [2.24, 2.45) is 0 Å². The Morgan fingerprint density at radius 3 is 2.55 bits per heavy atom. The minimum absolute atomic E-state index is 0.00970. The maximum Gasteiger partial charge on any atom is 0.195 e. The minimum atomic E-state index is -0.00970. The van der Waals surface area contributed by atoms with E-state index in [2.05, 4.69) is 15.9 Å². The number of anilines is 1. The number of ketones is 1. The summed E-state index contributed by atoms with van der Waals surface area (Å²) in [6.45, 7) is 0.816. The van der Waals surface area contributed by atoms with Crippen LogP contribution in [-0.2, 0) is 0 Å². The number of rotatable bonds is 5. The number of benzene rings is 2. The van der Waals surface area contributed by atoms with Crippen LogP contribution in [0.2, 0.25) is 5.02 Å². The second kappa shape index (κ2) is 6.91. The fourth-order valence-electron chi connectivity index (χ4n) is 2.02. The molecule has 0 bridgehead atoms. The molecule has 0 amide bonds. The third-order valence-electron chi connectivity index (χ3n) is 3.07. The Balaban J connectivity index is 2.44. The molecule has 2 aromatic carbocycles. The largest absolute Gasteiger partial charge is 0.373 e. The molecule has 2 nitrogen and oxygen atoms in total. The van der Waals surface area contributed by atoms with E-state index in [1.54, 1.807) is 6.07 Å². The maximum atomic E-state index is 12.6. The Morgan fingerprint density at radius 1 is 1.20 bits per heavy atom. The fourth-order valence-corrected chi connectivity index (χ4v) is 2.72. The van der Waals surface area contributed by atoms with E-state index < -0.39 is 0 Å². The minimum Gasteiger partial charge on any atom is -0.373 e. The van der Waals surface area contributed by atoms with Crippen molar-refractivity contribution in [3.05, 3.63) is 64.7 Å². The van der Waals surface area contributed by atoms with E-state index in [9.17, 15) is 4.79 Å². The Hall–Kier alpha value is -1.32. The molecule has 2 aromatic rings. The third-order valence-corrected chi connectivity index (χ3v) is 3.66. The highest BCUT2D eigenvalue weighted by Gasteiger charge is 2.16. The molecule has 0 unspecified atom stereocenters. The molecule has 0 N–H and O–H groups in total. The van der Waals surface area contributed by atoms with Gasteiger partial charge in [0.2, 0.25) is 0 Å². The normalized spacial score (nSPS) is 10.3. The van der Waals surface area contributed by atoms with Crippen molar-refractivity contribution < 1.29 is 4.79 Å². The first-order chi connectivity index (χ1) is 9.63. The Kier molecular flexibility index (Phi) is 5.21. The SMILES string of the molecule is CN(CCBr)c1ccc(Cl)cc1C(=O)c1ccccc1. The molecule has 0 atom stereocenters. The van der Waals surface area contributed by atoms with Gasteiger partial charge in [0.15, 0.2) is 5.78 Å². The predicted molar refractivity (Wildman–Crippen MR) is 88.4 cm³/mol. The summed E-state index contributed by atoms with van der Waals surface area (Å²) in [5.41, 5.74) is 2.19. The second-order valence-electron chi connectivity index (χ2n) is 4.47. The zero-order valence-electron chi connectivity index (χ0n) is 11.1. The molecule has 0 aliphatic carbocycles. The van der Waals surface area contributed by atoms with Crippen LogP contribution in [-0.4, -0.2) is 24.7 Å². The number of alkyl halides is 1. The first-order valence-corrected chi connectivity index (χ1v) is 7.80. The van der Waals surface area contributed by atoms with Crippen LogP contribution in [0.3, 0.4) is 0 Å². The van der Waals surface area contributed by atoms with Crippen LogP contribution < -0.4 is 4.90 Å². The van der Waals surface area contributed by atoms with E-state index in [1.807, 2.05) is 54.4 Å². The summed E-state index contributed by atoms with van der Waals surface area (Å²) in [7, 11) is 1.96. The lowest BCUT2D eigenvalue weighted by Gasteiger charge is -2.21. The van der Waals surface area contributed by atoms with Gasteiger partial charge in [0.25, 0.3) is 0 Å². The van der Waals surface area contributed by atoms with Gasteiger partial charge in [-0.1, -0.05) is 57.9 Å². The van der Waals surface area contributed by atoms with Gasteiger partial charge in [0, 0.05) is 40.8 Å². The monoisotopic (exact) mass is 351 g/mol. The predicted octanol–water partition coefficient (Wildman–Crippen LogP) is 4.40. The third kappa shape index (κ3) is 3.41. The average molecular weight is 353 g/mol. The summed E-state index contributed by atoms with van der Waals surface area (Å²) >= 11 is 9.47. The van der Waals surface area contributed by atoms with Gasteiger partial charge in [0.05, 0.1) is 0 Å². The van der Waals surface area contributed by atoms with Gasteiger partial charge >= 0.3 is 0 Å². The first-order valence-electron chi connectivity index (χ1n) is 6.30. The van der Waals surface area contributed by atoms with Crippen LogP contribution >= 0.6 is 27.5 Å². The number of carbonyl (C=O) groups excluding carboxylic acids is 1. The first kappa shape index (κ1) is 15.1. The molecule has 0 heterocycles. The lowest BCUT2D eigenvalue weighted by atomic mass is 10.0. The van der Waals surface area contributed by atoms with E-state index in [4.69, 9.17) is 11.6 Å². The van der Waals surface area contributed by atoms with Gasteiger partial charge < -0.3 is 4.90 Å². The topological polar surface area (TPSA) is 20.3 Å². The molecule has 0 saturated heterocycles. The number of nitrogens with zero attached hydrogens (tertiary/aromatic N) is 1. The van der Waals surface area contributed by atoms with Crippen molar-refractivity contribution in [2.75, 3.05) is 23.8 Å². The highest BCUT2D eigenvalue weighted by atomic mass is 79.9. The molecule has 0 saturated carbocycles. The molecule has 4 heteroatoms. The highest BCUT2D eigenvalue weighted by Crippen LogP contribution is 2.26. The molecular weight excluding hydrogens is 338 g/mol. The zero-order valence-corrected chi connectivity index (χ0v) is 13.5. The molecule has 0 aliphatic heterocycles. The standard InChI is InChI=1S/C16H15BrClNO/c1-19(10-9-17)15-8-7-13(18)11-14(15)16(20)12-5-3-2-4-6-12/h2-8,11H,9-10H2,1H3. The molecule has 0 spiro atoms. The van der Waals surface area contributed by atoms with Crippen LogP contribution in [0, 0.1) is 0 Å². The van der Waals surface area contributed by atoms with Crippen LogP contribution in [0.25, 0.3) is 0 Å². The summed E-state index contributed by atoms with van der Waals surface area (Å²) in [6.07, 6.45) is 0. The quantitative estimate of drug-likeness (QED) is 0.587. The highest BCUT2D eigenvalue weighted by molar-refractivity contribution is 9.09. The second-order valence-corrected chi connectivity index (χ2v) is 5.70. The number of hydrogen-bond acceptors (Lipinski definition) is 2. The van der Waals surface area contributed by atoms with Crippen molar-refractivity contribution >= 4 is 39.0 Å². The van der Waals surface area contributed by atoms with Crippen LogP contribution in [0.4, 0.5) is 5.69 Å². The Bertz CT molecular complexity index is 601. The van der Waals surface area contributed by atoms with Crippen molar-refractivity contribution in [1.29, 1.82) is 0 Å². The van der Waals surface area contributed by atoms with E-state index in [-0.39, 0.29) is 5.78 Å². The van der Waals surface area contributed by atoms with E-state index in [0.717, 1.165) is 17.6 Å². The molecule has 2 rings (SSSR count). The summed E-state index contributed by atoms with van der Waals surface area (Å²) in [6, 6.07) is 14.7. The smallest absolute Gasteiger partial charge is 0.195 e. The van der Waals surface area contributed by atoms with Gasteiger partial charge in [-0.05, 0) is 18.2 Å². The number of hydrogen-bond donors (Lipinski definition) is 0. The zero-order chi connectivity index (χ0) is 14.5. The Labute approximate surface area is 132 Å². The van der Waals surface area contributed by atoms with Crippen molar-refractivity contribution in [3.63, 3.8) is 0 Å². The number of carbonyl (C=O) groups is 1. The van der Waals surface area contributed by atoms with E-state index in [1.165, 1.54) is 0 Å². The molecule has 0 fully saturated rings. The maximum absolute atomic E-state index is 12.6. The molecule has 0 radical (unpaired) electrons. The average Bonchev–Trinajstić information content (AvgIpc) is 2.47. The van der Waals surface area contributed by atoms with E-state index in [0.29, 0.717) is 16.1 Å². The summed E-state index contributed by atoms with van der Waals surface area (Å²) < 4.78 is 0. The Morgan fingerprint density at radius 2 is 1.90 bits per heavy atom.